The van der Waals surface area contributed by atoms with Crippen molar-refractivity contribution in [1.82, 2.24) is 9.55 Å². The molecule has 33 heavy (non-hydrogen) atoms. The van der Waals surface area contributed by atoms with Crippen molar-refractivity contribution in [1.29, 1.82) is 0 Å². The number of hydrogen-bond acceptors (Lipinski definition) is 6. The van der Waals surface area contributed by atoms with Gasteiger partial charge in [-0.1, -0.05) is 43.0 Å². The quantitative estimate of drug-likeness (QED) is 0.248. The van der Waals surface area contributed by atoms with Crippen molar-refractivity contribution >= 4 is 44.9 Å². The van der Waals surface area contributed by atoms with Crippen LogP contribution in [-0.4, -0.2) is 40.5 Å². The summed E-state index contributed by atoms with van der Waals surface area (Å²) in [7, 11) is 0. The van der Waals surface area contributed by atoms with E-state index in [1.54, 1.807) is 26.9 Å². The van der Waals surface area contributed by atoms with Gasteiger partial charge in [-0.15, -0.1) is 17.9 Å². The average Bonchev–Trinajstić information content (AvgIpc) is 3.45. The maximum atomic E-state index is 13.6. The summed E-state index contributed by atoms with van der Waals surface area (Å²) in [6.07, 6.45) is 4.44. The average molecular weight is 484 g/mol. The molecule has 0 aliphatic carbocycles. The molecule has 0 unspecified atom stereocenters. The van der Waals surface area contributed by atoms with Crippen molar-refractivity contribution in [2.24, 2.45) is 0 Å². The predicted molar refractivity (Wildman–Crippen MR) is 137 cm³/mol. The lowest BCUT2D eigenvalue weighted by atomic mass is 10.1. The van der Waals surface area contributed by atoms with Gasteiger partial charge in [0.2, 0.25) is 5.91 Å². The summed E-state index contributed by atoms with van der Waals surface area (Å²) in [6, 6.07) is 9.55. The number of nitrogens with zero attached hydrogens (tertiary/aromatic N) is 3. The first-order valence-corrected chi connectivity index (χ1v) is 13.1. The van der Waals surface area contributed by atoms with Crippen LogP contribution in [0.3, 0.4) is 0 Å². The van der Waals surface area contributed by atoms with Crippen LogP contribution in [0.2, 0.25) is 0 Å². The van der Waals surface area contributed by atoms with Gasteiger partial charge in [-0.05, 0) is 43.9 Å². The first-order chi connectivity index (χ1) is 16.0. The van der Waals surface area contributed by atoms with Gasteiger partial charge in [-0.3, -0.25) is 14.2 Å². The number of thiophene rings is 1. The van der Waals surface area contributed by atoms with Gasteiger partial charge in [0.05, 0.1) is 23.8 Å². The van der Waals surface area contributed by atoms with E-state index in [-0.39, 0.29) is 23.3 Å². The summed E-state index contributed by atoms with van der Waals surface area (Å²) >= 11 is 2.87. The first-order valence-electron chi connectivity index (χ1n) is 11.3. The van der Waals surface area contributed by atoms with Crippen molar-refractivity contribution < 1.29 is 9.53 Å². The molecule has 1 saturated heterocycles. The minimum atomic E-state index is -0.0549. The molecule has 1 atom stereocenters. The van der Waals surface area contributed by atoms with Gasteiger partial charge in [0.25, 0.3) is 5.56 Å². The van der Waals surface area contributed by atoms with Gasteiger partial charge in [0.1, 0.15) is 4.83 Å². The number of para-hydroxylation sites is 1. The molecule has 0 radical (unpaired) electrons. The van der Waals surface area contributed by atoms with Gasteiger partial charge in [0.15, 0.2) is 5.16 Å². The minimum absolute atomic E-state index is 0.00314. The Balaban J connectivity index is 1.66. The summed E-state index contributed by atoms with van der Waals surface area (Å²) in [4.78, 5) is 35.2. The highest BCUT2D eigenvalue weighted by Crippen LogP contribution is 2.30. The number of benzene rings is 1. The lowest BCUT2D eigenvalue weighted by molar-refractivity contribution is -0.116. The Hall–Kier alpha value is -2.42. The Morgan fingerprint density at radius 3 is 2.85 bits per heavy atom. The Morgan fingerprint density at radius 2 is 2.18 bits per heavy atom. The van der Waals surface area contributed by atoms with Crippen LogP contribution in [0.4, 0.5) is 5.69 Å². The van der Waals surface area contributed by atoms with Crippen LogP contribution >= 0.6 is 23.1 Å². The SMILES string of the molecule is C=CCN(C(=O)CSc1nc2sc(C)c(CC)c2c(=O)n1C[C@@H]1CCCO1)c1ccccc1. The van der Waals surface area contributed by atoms with Crippen LogP contribution < -0.4 is 10.5 Å². The van der Waals surface area contributed by atoms with Crippen LogP contribution in [0.15, 0.2) is 52.9 Å². The Morgan fingerprint density at radius 1 is 1.39 bits per heavy atom. The van der Waals surface area contributed by atoms with E-state index in [4.69, 9.17) is 9.72 Å². The zero-order valence-corrected chi connectivity index (χ0v) is 20.7. The first kappa shape index (κ1) is 23.7. The molecule has 3 aromatic rings. The van der Waals surface area contributed by atoms with Crippen molar-refractivity contribution in [2.75, 3.05) is 23.8 Å². The summed E-state index contributed by atoms with van der Waals surface area (Å²) < 4.78 is 7.54. The second kappa shape index (κ2) is 10.7. The Bertz CT molecular complexity index is 1200. The van der Waals surface area contributed by atoms with Crippen molar-refractivity contribution in [3.05, 3.63) is 63.8 Å². The van der Waals surface area contributed by atoms with Gasteiger partial charge in [-0.2, -0.15) is 0 Å². The molecule has 174 valence electrons. The van der Waals surface area contributed by atoms with E-state index in [0.717, 1.165) is 46.8 Å². The highest BCUT2D eigenvalue weighted by Gasteiger charge is 2.24. The fourth-order valence-corrected chi connectivity index (χ4v) is 6.25. The number of aromatic nitrogens is 2. The van der Waals surface area contributed by atoms with E-state index < -0.39 is 0 Å². The molecule has 4 rings (SSSR count). The van der Waals surface area contributed by atoms with E-state index in [1.165, 1.54) is 11.8 Å². The zero-order chi connectivity index (χ0) is 23.4. The molecule has 3 heterocycles. The maximum absolute atomic E-state index is 13.6. The molecule has 0 bridgehead atoms. The Kier molecular flexibility index (Phi) is 7.67. The van der Waals surface area contributed by atoms with Crippen LogP contribution in [-0.2, 0) is 22.5 Å². The number of carbonyl (C=O) groups excluding carboxylic acids is 1. The zero-order valence-electron chi connectivity index (χ0n) is 19.1. The van der Waals surface area contributed by atoms with E-state index in [1.807, 2.05) is 37.3 Å². The molecule has 0 N–H and O–H groups in total. The second-order valence-corrected chi connectivity index (χ2v) is 10.2. The van der Waals surface area contributed by atoms with Crippen molar-refractivity contribution in [3.63, 3.8) is 0 Å². The second-order valence-electron chi connectivity index (χ2n) is 8.03. The van der Waals surface area contributed by atoms with Crippen molar-refractivity contribution in [3.8, 4) is 0 Å². The molecular weight excluding hydrogens is 454 g/mol. The summed E-state index contributed by atoms with van der Waals surface area (Å²) in [6.45, 7) is 9.51. The standard InChI is InChI=1S/C25H29N3O3S2/c1-4-13-27(18-10-7-6-8-11-18)21(29)16-32-25-26-23-22(20(5-2)17(3)33-23)24(30)28(25)15-19-12-9-14-31-19/h4,6-8,10-11,19H,1,5,9,12-16H2,2-3H3/t19-/m0/s1. The molecule has 1 aliphatic rings. The molecular formula is C25H29N3O3S2. The fourth-order valence-electron chi connectivity index (χ4n) is 4.21. The molecule has 8 heteroatoms. The molecule has 1 amide bonds. The summed E-state index contributed by atoms with van der Waals surface area (Å²) in [5, 5.41) is 1.29. The van der Waals surface area contributed by atoms with Gasteiger partial charge < -0.3 is 9.64 Å². The number of carbonyl (C=O) groups is 1. The summed E-state index contributed by atoms with van der Waals surface area (Å²) in [5.74, 6) is 0.123. The number of fused-ring (bicyclic) bond motifs is 1. The summed E-state index contributed by atoms with van der Waals surface area (Å²) in [5.41, 5.74) is 1.87. The topological polar surface area (TPSA) is 64.4 Å². The molecule has 2 aromatic heterocycles. The van der Waals surface area contributed by atoms with Crippen LogP contribution in [0.5, 0.6) is 0 Å². The van der Waals surface area contributed by atoms with Gasteiger partial charge >= 0.3 is 0 Å². The number of anilines is 1. The van der Waals surface area contributed by atoms with Crippen LogP contribution in [0.25, 0.3) is 10.2 Å². The fraction of sp³-hybridized carbons (Fsp3) is 0.400. The molecule has 1 fully saturated rings. The van der Waals surface area contributed by atoms with Crippen LogP contribution in [0.1, 0.15) is 30.2 Å². The monoisotopic (exact) mass is 483 g/mol. The van der Waals surface area contributed by atoms with Crippen LogP contribution in [0, 0.1) is 6.92 Å². The smallest absolute Gasteiger partial charge is 0.263 e. The number of amides is 1. The third-order valence-corrected chi connectivity index (χ3v) is 7.85. The number of hydrogen-bond donors (Lipinski definition) is 0. The van der Waals surface area contributed by atoms with Gasteiger partial charge in [-0.25, -0.2) is 4.98 Å². The number of ether oxygens (including phenoxy) is 1. The third kappa shape index (κ3) is 5.08. The number of thioether (sulfide) groups is 1. The van der Waals surface area contributed by atoms with Gasteiger partial charge in [0, 0.05) is 23.7 Å². The van der Waals surface area contributed by atoms with Crippen molar-refractivity contribution in [2.45, 2.75) is 50.9 Å². The normalized spacial score (nSPS) is 15.8. The minimum Gasteiger partial charge on any atom is -0.376 e. The van der Waals surface area contributed by atoms with E-state index in [2.05, 4.69) is 13.5 Å². The number of aryl methyl sites for hydroxylation is 2. The number of rotatable bonds is 9. The van der Waals surface area contributed by atoms with E-state index >= 15 is 0 Å². The lowest BCUT2D eigenvalue weighted by Crippen LogP contribution is -2.33. The highest BCUT2D eigenvalue weighted by molar-refractivity contribution is 7.99. The highest BCUT2D eigenvalue weighted by atomic mass is 32.2. The molecule has 0 spiro atoms. The third-order valence-electron chi connectivity index (χ3n) is 5.85. The molecule has 0 saturated carbocycles. The molecule has 1 aromatic carbocycles. The Labute approximate surface area is 202 Å². The molecule has 6 nitrogen and oxygen atoms in total. The predicted octanol–water partition coefficient (Wildman–Crippen LogP) is 4.82. The molecule has 1 aliphatic heterocycles. The van der Waals surface area contributed by atoms with E-state index in [9.17, 15) is 9.59 Å². The maximum Gasteiger partial charge on any atom is 0.263 e. The lowest BCUT2D eigenvalue weighted by Gasteiger charge is -2.21. The largest absolute Gasteiger partial charge is 0.376 e. The van der Waals surface area contributed by atoms with E-state index in [0.29, 0.717) is 23.6 Å².